The molecule has 2 aliphatic rings. The quantitative estimate of drug-likeness (QED) is 0.136. The molecule has 2 atom stereocenters. The highest BCUT2D eigenvalue weighted by Gasteiger charge is 2.32. The van der Waals surface area contributed by atoms with Crippen LogP contribution in [-0.4, -0.2) is 43.5 Å². The monoisotopic (exact) mass is 764 g/mol. The van der Waals surface area contributed by atoms with Crippen molar-refractivity contribution in [3.05, 3.63) is 188 Å². The van der Waals surface area contributed by atoms with E-state index in [9.17, 15) is 9.59 Å². The fraction of sp³-hybridized carbons (Fsp3) is 0.264. The van der Waals surface area contributed by atoms with Crippen molar-refractivity contribution in [1.82, 2.24) is 10.6 Å². The van der Waals surface area contributed by atoms with Gasteiger partial charge in [0.05, 0.1) is 0 Å². The second-order valence-electron chi connectivity index (χ2n) is 16.3. The van der Waals surface area contributed by atoms with Gasteiger partial charge in [0, 0.05) is 46.5 Å². The van der Waals surface area contributed by atoms with Crippen molar-refractivity contribution in [3.8, 4) is 22.3 Å². The van der Waals surface area contributed by atoms with Crippen LogP contribution in [0.4, 0.5) is 0 Å². The number of nitrogens with one attached hydrogen (secondary N) is 2. The summed E-state index contributed by atoms with van der Waals surface area (Å²) in [7, 11) is 0. The van der Waals surface area contributed by atoms with E-state index in [2.05, 4.69) is 74.7 Å². The molecule has 292 valence electrons. The molecule has 2 N–H and O–H groups in total. The van der Waals surface area contributed by atoms with Gasteiger partial charge in [-0.1, -0.05) is 97.1 Å². The van der Waals surface area contributed by atoms with Crippen molar-refractivity contribution in [1.29, 1.82) is 0 Å². The average molecular weight is 765 g/mol. The van der Waals surface area contributed by atoms with Gasteiger partial charge in [-0.15, -0.1) is 0 Å². The minimum absolute atomic E-state index is 0.0666. The van der Waals surface area contributed by atoms with E-state index in [0.717, 1.165) is 107 Å². The molecule has 5 nitrogen and oxygen atoms in total. The Labute approximate surface area is 342 Å². The Morgan fingerprint density at radius 1 is 0.448 bits per heavy atom. The molecular formula is C53H52N2O3. The summed E-state index contributed by atoms with van der Waals surface area (Å²) in [6.45, 7) is 11.7. The zero-order valence-corrected chi connectivity index (χ0v) is 34.1. The average Bonchev–Trinajstić information content (AvgIpc) is 3.28. The molecule has 0 radical (unpaired) electrons. The molecule has 0 aliphatic carbocycles. The number of rotatable bonds is 10. The second-order valence-corrected chi connectivity index (χ2v) is 16.3. The Kier molecular flexibility index (Phi) is 11.5. The third kappa shape index (κ3) is 7.65. The van der Waals surface area contributed by atoms with Crippen molar-refractivity contribution in [3.63, 3.8) is 0 Å². The molecule has 2 heterocycles. The van der Waals surface area contributed by atoms with Gasteiger partial charge in [0.25, 0.3) is 0 Å². The van der Waals surface area contributed by atoms with E-state index in [4.69, 9.17) is 0 Å². The van der Waals surface area contributed by atoms with Crippen molar-refractivity contribution in [2.24, 2.45) is 0 Å². The molecule has 2 aliphatic heterocycles. The van der Waals surface area contributed by atoms with Gasteiger partial charge < -0.3 is 10.6 Å². The largest absolute Gasteiger partial charge is 0.316 e. The van der Waals surface area contributed by atoms with E-state index >= 15 is 4.79 Å². The minimum atomic E-state index is -0.148. The maximum absolute atomic E-state index is 15.9. The van der Waals surface area contributed by atoms with Crippen LogP contribution in [0.2, 0.25) is 0 Å². The normalized spacial score (nSPS) is 16.8. The summed E-state index contributed by atoms with van der Waals surface area (Å²) in [5, 5.41) is 7.18. The van der Waals surface area contributed by atoms with Crippen LogP contribution in [0.15, 0.2) is 121 Å². The number of ketones is 3. The molecule has 0 spiro atoms. The maximum atomic E-state index is 15.9. The Hall–Kier alpha value is -5.75. The molecule has 2 saturated heterocycles. The number of carbonyl (C=O) groups is 3. The highest BCUT2D eigenvalue weighted by Crippen LogP contribution is 2.41. The van der Waals surface area contributed by atoms with Gasteiger partial charge in [0.15, 0.2) is 17.3 Å². The number of hydrogen-bond donors (Lipinski definition) is 2. The summed E-state index contributed by atoms with van der Waals surface area (Å²) >= 11 is 0. The van der Waals surface area contributed by atoms with Gasteiger partial charge in [0.2, 0.25) is 0 Å². The summed E-state index contributed by atoms with van der Waals surface area (Å²) in [4.78, 5) is 45.3. The highest BCUT2D eigenvalue weighted by atomic mass is 16.1. The van der Waals surface area contributed by atoms with Gasteiger partial charge >= 0.3 is 0 Å². The van der Waals surface area contributed by atoms with Crippen LogP contribution in [0.25, 0.3) is 22.3 Å². The number of piperidine rings is 2. The van der Waals surface area contributed by atoms with E-state index < -0.39 is 0 Å². The van der Waals surface area contributed by atoms with Crippen LogP contribution in [0.1, 0.15) is 119 Å². The molecule has 2 fully saturated rings. The van der Waals surface area contributed by atoms with Crippen LogP contribution >= 0.6 is 0 Å². The fourth-order valence-electron chi connectivity index (χ4n) is 9.08. The molecule has 58 heavy (non-hydrogen) atoms. The zero-order chi connectivity index (χ0) is 40.3. The standard InChI is InChI=1S/C53H52N2O3/c1-33-15-11-23-41(35(33)3)45-27-43(39-21-13-25-54-31-39)47(29-49(45)51(56)37-17-7-5-8-18-37)53(58)48-30-50(52(57)38-19-9-6-10-20-38)46(42-24-12-16-34(2)36(42)4)28-44(48)40-22-14-26-55-32-40/h5-12,15-20,23-24,27-30,39-40,54-55H,13-14,21-22,25-26,31-32H2,1-4H3. The third-order valence-corrected chi connectivity index (χ3v) is 12.7. The summed E-state index contributed by atoms with van der Waals surface area (Å²) in [5.74, 6) is -0.263. The first-order valence-electron chi connectivity index (χ1n) is 20.9. The smallest absolute Gasteiger partial charge is 0.193 e. The lowest BCUT2D eigenvalue weighted by molar-refractivity contribution is 0.103. The van der Waals surface area contributed by atoms with E-state index in [1.54, 1.807) is 0 Å². The van der Waals surface area contributed by atoms with Gasteiger partial charge in [-0.05, 0) is 158 Å². The molecule has 0 amide bonds. The summed E-state index contributed by atoms with van der Waals surface area (Å²) in [5.41, 5.74) is 13.3. The third-order valence-electron chi connectivity index (χ3n) is 12.7. The number of benzene rings is 6. The number of carbonyl (C=O) groups excluding carboxylic acids is 3. The van der Waals surface area contributed by atoms with E-state index in [-0.39, 0.29) is 29.2 Å². The highest BCUT2D eigenvalue weighted by molar-refractivity contribution is 6.19. The molecule has 0 aromatic heterocycles. The molecular weight excluding hydrogens is 713 g/mol. The van der Waals surface area contributed by atoms with Crippen LogP contribution in [-0.2, 0) is 0 Å². The fourth-order valence-corrected chi connectivity index (χ4v) is 9.08. The molecule has 6 aromatic rings. The first kappa shape index (κ1) is 39.1. The second kappa shape index (κ2) is 17.0. The summed E-state index contributed by atoms with van der Waals surface area (Å²) in [6, 6.07) is 39.2. The van der Waals surface area contributed by atoms with E-state index in [0.29, 0.717) is 33.4 Å². The predicted molar refractivity (Wildman–Crippen MR) is 236 cm³/mol. The number of aryl methyl sites for hydroxylation is 2. The summed E-state index contributed by atoms with van der Waals surface area (Å²) < 4.78 is 0. The SMILES string of the molecule is Cc1cccc(-c2cc(C3CCCNC3)c(C(=O)c3cc(C(=O)c4ccccc4)c(-c4cccc(C)c4C)cc3C3CCCNC3)cc2C(=O)c2ccccc2)c1C. The van der Waals surface area contributed by atoms with Crippen LogP contribution in [0.3, 0.4) is 0 Å². The molecule has 0 bridgehead atoms. The Morgan fingerprint density at radius 3 is 1.24 bits per heavy atom. The van der Waals surface area contributed by atoms with Crippen LogP contribution in [0.5, 0.6) is 0 Å². The van der Waals surface area contributed by atoms with Crippen molar-refractivity contribution in [2.45, 2.75) is 65.2 Å². The van der Waals surface area contributed by atoms with E-state index in [1.165, 1.54) is 0 Å². The molecule has 2 unspecified atom stereocenters. The first-order valence-corrected chi connectivity index (χ1v) is 20.9. The Morgan fingerprint density at radius 2 is 0.862 bits per heavy atom. The van der Waals surface area contributed by atoms with Crippen molar-refractivity contribution < 1.29 is 14.4 Å². The molecule has 6 aromatic carbocycles. The lowest BCUT2D eigenvalue weighted by atomic mass is 9.77. The van der Waals surface area contributed by atoms with Crippen molar-refractivity contribution in [2.75, 3.05) is 26.2 Å². The molecule has 8 rings (SSSR count). The van der Waals surface area contributed by atoms with Gasteiger partial charge in [-0.2, -0.15) is 0 Å². The first-order chi connectivity index (χ1) is 28.2. The van der Waals surface area contributed by atoms with Gasteiger partial charge in [0.1, 0.15) is 0 Å². The molecule has 5 heteroatoms. The minimum Gasteiger partial charge on any atom is -0.316 e. The maximum Gasteiger partial charge on any atom is 0.193 e. The van der Waals surface area contributed by atoms with Crippen LogP contribution < -0.4 is 10.6 Å². The van der Waals surface area contributed by atoms with E-state index in [1.807, 2.05) is 84.9 Å². The van der Waals surface area contributed by atoms with Gasteiger partial charge in [-0.3, -0.25) is 14.4 Å². The predicted octanol–water partition coefficient (Wildman–Crippen LogP) is 10.9. The Bertz CT molecular complexity index is 2330. The van der Waals surface area contributed by atoms with Crippen molar-refractivity contribution >= 4 is 17.3 Å². The topological polar surface area (TPSA) is 75.3 Å². The summed E-state index contributed by atoms with van der Waals surface area (Å²) in [6.07, 6.45) is 3.82. The Balaban J connectivity index is 1.42. The zero-order valence-electron chi connectivity index (χ0n) is 34.1. The lowest BCUT2D eigenvalue weighted by Crippen LogP contribution is -2.30. The van der Waals surface area contributed by atoms with Gasteiger partial charge in [-0.25, -0.2) is 0 Å². The lowest BCUT2D eigenvalue weighted by Gasteiger charge is -2.29. The van der Waals surface area contributed by atoms with Crippen LogP contribution in [0, 0.1) is 27.7 Å². The molecule has 0 saturated carbocycles. The number of hydrogen-bond acceptors (Lipinski definition) is 5.